The molecule has 4 aromatic rings. The third-order valence-corrected chi connectivity index (χ3v) is 7.23. The summed E-state index contributed by atoms with van der Waals surface area (Å²) < 4.78 is 146. The van der Waals surface area contributed by atoms with Crippen molar-refractivity contribution in [1.82, 2.24) is 0 Å². The number of halogens is 9. The van der Waals surface area contributed by atoms with Crippen LogP contribution in [0.2, 0.25) is 0 Å². The van der Waals surface area contributed by atoms with Crippen LogP contribution in [0.15, 0.2) is 72.8 Å². The van der Waals surface area contributed by atoms with E-state index in [1.165, 1.54) is 6.07 Å². The van der Waals surface area contributed by atoms with Gasteiger partial charge in [-0.25, -0.2) is 30.7 Å². The summed E-state index contributed by atoms with van der Waals surface area (Å²) in [5.41, 5.74) is -2.88. The summed E-state index contributed by atoms with van der Waals surface area (Å²) in [5.74, 6) is -11.1. The van der Waals surface area contributed by atoms with Gasteiger partial charge in [-0.3, -0.25) is 0 Å². The van der Waals surface area contributed by atoms with Gasteiger partial charge in [-0.05, 0) is 66.4 Å². The van der Waals surface area contributed by atoms with Crippen LogP contribution in [0.3, 0.4) is 0 Å². The van der Waals surface area contributed by atoms with Crippen LogP contribution in [0.25, 0.3) is 22.3 Å². The molecular formula is C34H25F9O3. The Hall–Kier alpha value is -4.29. The van der Waals surface area contributed by atoms with E-state index in [2.05, 4.69) is 4.74 Å². The number of hydrogen-bond donors (Lipinski definition) is 0. The zero-order valence-electron chi connectivity index (χ0n) is 24.0. The molecule has 242 valence electrons. The number of allylic oxidation sites excluding steroid dienone is 2. The molecule has 0 atom stereocenters. The van der Waals surface area contributed by atoms with Gasteiger partial charge in [0.2, 0.25) is 0 Å². The monoisotopic (exact) mass is 652 g/mol. The summed E-state index contributed by atoms with van der Waals surface area (Å²) in [6, 6.07) is 7.89. The molecule has 4 aromatic carbocycles. The van der Waals surface area contributed by atoms with Crippen molar-refractivity contribution in [3.63, 3.8) is 0 Å². The fourth-order valence-corrected chi connectivity index (χ4v) is 4.95. The van der Waals surface area contributed by atoms with Gasteiger partial charge in [0.25, 0.3) is 0 Å². The van der Waals surface area contributed by atoms with Crippen molar-refractivity contribution in [3.05, 3.63) is 125 Å². The highest BCUT2D eigenvalue weighted by Crippen LogP contribution is 2.39. The van der Waals surface area contributed by atoms with Gasteiger partial charge >= 0.3 is 6.11 Å². The first-order chi connectivity index (χ1) is 21.9. The van der Waals surface area contributed by atoms with Crippen molar-refractivity contribution in [2.75, 3.05) is 13.2 Å². The van der Waals surface area contributed by atoms with E-state index in [1.807, 2.05) is 19.1 Å². The molecular weight excluding hydrogens is 627 g/mol. The van der Waals surface area contributed by atoms with E-state index in [4.69, 9.17) is 9.47 Å². The van der Waals surface area contributed by atoms with Gasteiger partial charge in [0.1, 0.15) is 34.6 Å². The molecule has 0 unspecified atom stereocenters. The zero-order chi connectivity index (χ0) is 33.2. The first-order valence-corrected chi connectivity index (χ1v) is 14.1. The first-order valence-electron chi connectivity index (χ1n) is 14.1. The highest BCUT2D eigenvalue weighted by atomic mass is 19.3. The maximum Gasteiger partial charge on any atom is 0.432 e. The maximum absolute atomic E-state index is 15.0. The van der Waals surface area contributed by atoms with Gasteiger partial charge in [0, 0.05) is 28.7 Å². The van der Waals surface area contributed by atoms with Crippen LogP contribution in [-0.2, 0) is 15.6 Å². The molecule has 46 heavy (non-hydrogen) atoms. The fourth-order valence-electron chi connectivity index (χ4n) is 4.95. The van der Waals surface area contributed by atoms with Crippen LogP contribution in [0.4, 0.5) is 39.5 Å². The van der Waals surface area contributed by atoms with Crippen molar-refractivity contribution >= 4 is 0 Å². The van der Waals surface area contributed by atoms with Gasteiger partial charge in [-0.1, -0.05) is 31.2 Å². The SMILES string of the molecule is CC/C=C\CC1COC(c2cc(F)c(C(F)(F)Oc3ccc(-c4ccc(-c5cc(F)c(F)c(F)c5)c(F)c4)c(F)c3)c(F)c2)OC1. The lowest BCUT2D eigenvalue weighted by Gasteiger charge is -2.29. The van der Waals surface area contributed by atoms with Gasteiger partial charge < -0.3 is 14.2 Å². The van der Waals surface area contributed by atoms with Crippen LogP contribution in [0, 0.1) is 46.6 Å². The van der Waals surface area contributed by atoms with Crippen molar-refractivity contribution in [2.24, 2.45) is 5.92 Å². The van der Waals surface area contributed by atoms with Crippen molar-refractivity contribution < 1.29 is 53.7 Å². The van der Waals surface area contributed by atoms with Crippen molar-refractivity contribution in [2.45, 2.75) is 32.2 Å². The van der Waals surface area contributed by atoms with Gasteiger partial charge in [0.05, 0.1) is 13.2 Å². The van der Waals surface area contributed by atoms with Crippen LogP contribution >= 0.6 is 0 Å². The lowest BCUT2D eigenvalue weighted by atomic mass is 9.99. The summed E-state index contributed by atoms with van der Waals surface area (Å²) in [7, 11) is 0. The number of alkyl halides is 2. The molecule has 0 bridgehead atoms. The largest absolute Gasteiger partial charge is 0.432 e. The topological polar surface area (TPSA) is 27.7 Å². The molecule has 0 aliphatic carbocycles. The smallest absolute Gasteiger partial charge is 0.429 e. The molecule has 1 aliphatic rings. The normalized spacial score (nSPS) is 17.1. The minimum Gasteiger partial charge on any atom is -0.429 e. The van der Waals surface area contributed by atoms with E-state index >= 15 is 8.78 Å². The standard InChI is InChI=1S/C34H25F9O3/c1-2-3-4-5-18-16-44-33(45-17-18)21-13-27(37)31(28(38)14-21)34(42,43)46-22-7-9-23(26(36)15-22)19-6-8-24(25(35)10-19)20-11-29(39)32(41)30(40)12-20/h3-4,6-15,18,33H,2,5,16-17H2,1H3/b4-3-. The zero-order valence-corrected chi connectivity index (χ0v) is 24.0. The quantitative estimate of drug-likeness (QED) is 0.102. The van der Waals surface area contributed by atoms with Crippen LogP contribution in [0.5, 0.6) is 5.75 Å². The Morgan fingerprint density at radius 1 is 0.696 bits per heavy atom. The molecule has 5 rings (SSSR count). The Morgan fingerprint density at radius 3 is 1.85 bits per heavy atom. The molecule has 1 heterocycles. The van der Waals surface area contributed by atoms with E-state index in [0.717, 1.165) is 30.7 Å². The molecule has 1 aliphatic heterocycles. The van der Waals surface area contributed by atoms with E-state index in [1.54, 1.807) is 0 Å². The number of hydrogen-bond acceptors (Lipinski definition) is 3. The average molecular weight is 653 g/mol. The van der Waals surface area contributed by atoms with Gasteiger partial charge in [-0.2, -0.15) is 8.78 Å². The summed E-state index contributed by atoms with van der Waals surface area (Å²) in [4.78, 5) is 0. The van der Waals surface area contributed by atoms with Crippen LogP contribution in [-0.4, -0.2) is 13.2 Å². The molecule has 0 radical (unpaired) electrons. The Labute approximate surface area is 257 Å². The molecule has 0 N–H and O–H groups in total. The Balaban J connectivity index is 1.31. The second kappa shape index (κ2) is 13.6. The lowest BCUT2D eigenvalue weighted by molar-refractivity contribution is -0.205. The minimum absolute atomic E-state index is 0.0224. The second-order valence-corrected chi connectivity index (χ2v) is 10.5. The molecule has 12 heteroatoms. The van der Waals surface area contributed by atoms with E-state index in [0.29, 0.717) is 36.8 Å². The first kappa shape index (κ1) is 33.1. The van der Waals surface area contributed by atoms with E-state index < -0.39 is 64.4 Å². The van der Waals surface area contributed by atoms with Crippen molar-refractivity contribution in [3.8, 4) is 28.0 Å². The maximum atomic E-state index is 15.0. The van der Waals surface area contributed by atoms with E-state index in [-0.39, 0.29) is 46.9 Å². The minimum atomic E-state index is -4.58. The molecule has 0 saturated carbocycles. The van der Waals surface area contributed by atoms with Crippen LogP contribution < -0.4 is 4.74 Å². The Bertz CT molecular complexity index is 1720. The number of ether oxygens (including phenoxy) is 3. The highest BCUT2D eigenvalue weighted by Gasteiger charge is 2.42. The highest BCUT2D eigenvalue weighted by molar-refractivity contribution is 5.72. The molecule has 0 spiro atoms. The molecule has 0 amide bonds. The van der Waals surface area contributed by atoms with Gasteiger partial charge in [0.15, 0.2) is 23.7 Å². The number of rotatable bonds is 9. The predicted molar refractivity (Wildman–Crippen MR) is 150 cm³/mol. The molecule has 0 aromatic heterocycles. The van der Waals surface area contributed by atoms with Gasteiger partial charge in [-0.15, -0.1) is 0 Å². The summed E-state index contributed by atoms with van der Waals surface area (Å²) in [5, 5.41) is 0. The number of benzene rings is 4. The lowest BCUT2D eigenvalue weighted by Crippen LogP contribution is -2.28. The summed E-state index contributed by atoms with van der Waals surface area (Å²) in [6.45, 7) is 2.45. The third kappa shape index (κ3) is 7.07. The molecule has 3 nitrogen and oxygen atoms in total. The molecule has 1 fully saturated rings. The van der Waals surface area contributed by atoms with Crippen molar-refractivity contribution in [1.29, 1.82) is 0 Å². The summed E-state index contributed by atoms with van der Waals surface area (Å²) >= 11 is 0. The Kier molecular flexibility index (Phi) is 9.78. The summed E-state index contributed by atoms with van der Waals surface area (Å²) in [6.07, 6.45) is -0.262. The Morgan fingerprint density at radius 2 is 1.26 bits per heavy atom. The predicted octanol–water partition coefficient (Wildman–Crippen LogP) is 10.1. The molecule has 1 saturated heterocycles. The van der Waals surface area contributed by atoms with E-state index in [9.17, 15) is 30.7 Å². The third-order valence-electron chi connectivity index (χ3n) is 7.23. The fraction of sp³-hybridized carbons (Fsp3) is 0.235. The van der Waals surface area contributed by atoms with Crippen LogP contribution in [0.1, 0.15) is 37.2 Å². The average Bonchev–Trinajstić information content (AvgIpc) is 2.99. The second-order valence-electron chi connectivity index (χ2n) is 10.5.